The molecule has 0 saturated heterocycles. The van der Waals surface area contributed by atoms with Crippen molar-refractivity contribution in [3.63, 3.8) is 0 Å². The average Bonchev–Trinajstić information content (AvgIpc) is 2.24. The molecule has 0 heterocycles. The summed E-state index contributed by atoms with van der Waals surface area (Å²) in [5.41, 5.74) is -1.14. The second-order valence-corrected chi connectivity index (χ2v) is 4.63. The van der Waals surface area contributed by atoms with Crippen LogP contribution < -0.4 is 0 Å². The lowest BCUT2D eigenvalue weighted by Gasteiger charge is -2.10. The Morgan fingerprint density at radius 1 is 1.39 bits per heavy atom. The predicted molar refractivity (Wildman–Crippen MR) is 63.6 cm³/mol. The van der Waals surface area contributed by atoms with Crippen molar-refractivity contribution >= 4 is 23.0 Å². The Kier molecular flexibility index (Phi) is 4.95. The summed E-state index contributed by atoms with van der Waals surface area (Å²) < 4.78 is 50.6. The van der Waals surface area contributed by atoms with Crippen LogP contribution in [0.1, 0.15) is 18.1 Å². The van der Waals surface area contributed by atoms with Crippen LogP contribution in [0, 0.1) is 5.82 Å². The zero-order valence-electron chi connectivity index (χ0n) is 9.42. The maximum atomic E-state index is 12.8. The number of alkyl halides is 3. The smallest absolute Gasteiger partial charge is 0.288 e. The van der Waals surface area contributed by atoms with E-state index in [9.17, 15) is 22.4 Å². The number of halogens is 4. The molecule has 0 saturated carbocycles. The van der Waals surface area contributed by atoms with Crippen molar-refractivity contribution in [1.29, 1.82) is 0 Å². The standard InChI is InChI=1S/C12H10F4OS/c1-8(17)18-6-2-3-9-4-5-10(13)7-11(9)12(14,15)16/h2-5,7H,6H2,1H3. The van der Waals surface area contributed by atoms with Gasteiger partial charge in [0.2, 0.25) is 0 Å². The summed E-state index contributed by atoms with van der Waals surface area (Å²) in [6.07, 6.45) is -1.93. The molecular formula is C12H10F4OS. The highest BCUT2D eigenvalue weighted by atomic mass is 32.2. The maximum Gasteiger partial charge on any atom is 0.417 e. The van der Waals surface area contributed by atoms with Crippen molar-refractivity contribution in [2.24, 2.45) is 0 Å². The van der Waals surface area contributed by atoms with Gasteiger partial charge in [-0.3, -0.25) is 4.79 Å². The summed E-state index contributed by atoms with van der Waals surface area (Å²) in [6, 6.07) is 2.48. The Bertz CT molecular complexity index is 466. The molecule has 0 N–H and O–H groups in total. The normalized spacial score (nSPS) is 12.1. The first-order valence-corrected chi connectivity index (χ1v) is 5.96. The van der Waals surface area contributed by atoms with E-state index >= 15 is 0 Å². The molecule has 1 aromatic carbocycles. The highest BCUT2D eigenvalue weighted by molar-refractivity contribution is 8.13. The molecule has 98 valence electrons. The minimum Gasteiger partial charge on any atom is -0.288 e. The number of hydrogen-bond donors (Lipinski definition) is 0. The van der Waals surface area contributed by atoms with Crippen LogP contribution in [0.15, 0.2) is 24.3 Å². The highest BCUT2D eigenvalue weighted by Gasteiger charge is 2.33. The number of thioether (sulfide) groups is 1. The molecule has 1 rings (SSSR count). The van der Waals surface area contributed by atoms with Gasteiger partial charge in [-0.2, -0.15) is 13.2 Å². The van der Waals surface area contributed by atoms with E-state index in [4.69, 9.17) is 0 Å². The van der Waals surface area contributed by atoms with E-state index in [-0.39, 0.29) is 16.4 Å². The number of carbonyl (C=O) groups excluding carboxylic acids is 1. The van der Waals surface area contributed by atoms with Gasteiger partial charge in [0.05, 0.1) is 5.56 Å². The number of rotatable bonds is 3. The second-order valence-electron chi connectivity index (χ2n) is 3.43. The van der Waals surface area contributed by atoms with Gasteiger partial charge in [0.15, 0.2) is 5.12 Å². The highest BCUT2D eigenvalue weighted by Crippen LogP contribution is 2.33. The Morgan fingerprint density at radius 3 is 2.61 bits per heavy atom. The first-order chi connectivity index (χ1) is 8.30. The van der Waals surface area contributed by atoms with Crippen molar-refractivity contribution in [3.8, 4) is 0 Å². The van der Waals surface area contributed by atoms with Crippen molar-refractivity contribution in [3.05, 3.63) is 41.2 Å². The van der Waals surface area contributed by atoms with Crippen molar-refractivity contribution in [1.82, 2.24) is 0 Å². The predicted octanol–water partition coefficient (Wildman–Crippen LogP) is 4.14. The monoisotopic (exact) mass is 278 g/mol. The molecule has 0 bridgehead atoms. The fraction of sp³-hybridized carbons (Fsp3) is 0.250. The molecule has 1 nitrogen and oxygen atoms in total. The van der Waals surface area contributed by atoms with Gasteiger partial charge in [-0.05, 0) is 17.7 Å². The van der Waals surface area contributed by atoms with Gasteiger partial charge in [0.1, 0.15) is 5.82 Å². The molecule has 6 heteroatoms. The molecule has 0 spiro atoms. The summed E-state index contributed by atoms with van der Waals surface area (Å²) >= 11 is 0.986. The van der Waals surface area contributed by atoms with E-state index in [0.717, 1.165) is 23.9 Å². The van der Waals surface area contributed by atoms with Crippen molar-refractivity contribution < 1.29 is 22.4 Å². The lowest BCUT2D eigenvalue weighted by molar-refractivity contribution is -0.137. The van der Waals surface area contributed by atoms with Crippen LogP contribution in [-0.4, -0.2) is 10.9 Å². The van der Waals surface area contributed by atoms with Crippen LogP contribution in [-0.2, 0) is 11.0 Å². The van der Waals surface area contributed by atoms with Crippen LogP contribution in [0.5, 0.6) is 0 Å². The van der Waals surface area contributed by atoms with Gasteiger partial charge in [-0.15, -0.1) is 0 Å². The van der Waals surface area contributed by atoms with Gasteiger partial charge in [0, 0.05) is 12.7 Å². The average molecular weight is 278 g/mol. The molecular weight excluding hydrogens is 268 g/mol. The molecule has 0 aromatic heterocycles. The molecule has 0 fully saturated rings. The van der Waals surface area contributed by atoms with E-state index in [1.54, 1.807) is 0 Å². The van der Waals surface area contributed by atoms with Gasteiger partial charge < -0.3 is 0 Å². The Balaban J connectivity index is 2.92. The number of carbonyl (C=O) groups is 1. The Labute approximate surface area is 106 Å². The first kappa shape index (κ1) is 14.8. The number of benzene rings is 1. The van der Waals surface area contributed by atoms with E-state index in [0.29, 0.717) is 6.07 Å². The molecule has 0 amide bonds. The minimum atomic E-state index is -4.60. The van der Waals surface area contributed by atoms with Crippen LogP contribution in [0.3, 0.4) is 0 Å². The van der Waals surface area contributed by atoms with E-state index in [1.165, 1.54) is 19.1 Å². The van der Waals surface area contributed by atoms with E-state index in [1.807, 2.05) is 0 Å². The number of hydrogen-bond acceptors (Lipinski definition) is 2. The zero-order chi connectivity index (χ0) is 13.8. The molecule has 0 aliphatic carbocycles. The summed E-state index contributed by atoms with van der Waals surface area (Å²) in [7, 11) is 0. The maximum absolute atomic E-state index is 12.8. The largest absolute Gasteiger partial charge is 0.417 e. The topological polar surface area (TPSA) is 17.1 Å². The fourth-order valence-electron chi connectivity index (χ4n) is 1.26. The molecule has 18 heavy (non-hydrogen) atoms. The Morgan fingerprint density at radius 2 is 2.06 bits per heavy atom. The van der Waals surface area contributed by atoms with E-state index in [2.05, 4.69) is 0 Å². The van der Waals surface area contributed by atoms with Gasteiger partial charge in [0.25, 0.3) is 0 Å². The van der Waals surface area contributed by atoms with Crippen LogP contribution in [0.2, 0.25) is 0 Å². The summed E-state index contributed by atoms with van der Waals surface area (Å²) in [4.78, 5) is 10.6. The molecule has 0 aliphatic heterocycles. The molecule has 0 atom stereocenters. The summed E-state index contributed by atoms with van der Waals surface area (Å²) in [6.45, 7) is 1.37. The Hall–Kier alpha value is -1.30. The lowest BCUT2D eigenvalue weighted by atomic mass is 10.1. The van der Waals surface area contributed by atoms with Crippen molar-refractivity contribution in [2.45, 2.75) is 13.1 Å². The molecule has 1 aromatic rings. The van der Waals surface area contributed by atoms with Crippen LogP contribution in [0.4, 0.5) is 17.6 Å². The third kappa shape index (κ3) is 4.52. The molecule has 0 aliphatic rings. The second kappa shape index (κ2) is 6.04. The van der Waals surface area contributed by atoms with Crippen LogP contribution in [0.25, 0.3) is 6.08 Å². The van der Waals surface area contributed by atoms with Gasteiger partial charge in [-0.1, -0.05) is 30.0 Å². The third-order valence-electron chi connectivity index (χ3n) is 2.00. The van der Waals surface area contributed by atoms with Crippen molar-refractivity contribution in [2.75, 3.05) is 5.75 Å². The van der Waals surface area contributed by atoms with Crippen LogP contribution >= 0.6 is 11.8 Å². The zero-order valence-corrected chi connectivity index (χ0v) is 10.2. The minimum absolute atomic E-state index is 0.116. The summed E-state index contributed by atoms with van der Waals surface area (Å²) in [5, 5.41) is -0.116. The molecule has 0 radical (unpaired) electrons. The fourth-order valence-corrected chi connectivity index (χ4v) is 1.69. The lowest BCUT2D eigenvalue weighted by Crippen LogP contribution is -2.07. The first-order valence-electron chi connectivity index (χ1n) is 4.97. The third-order valence-corrected chi connectivity index (χ3v) is 2.77. The van der Waals surface area contributed by atoms with Gasteiger partial charge in [-0.25, -0.2) is 4.39 Å². The van der Waals surface area contributed by atoms with E-state index < -0.39 is 17.6 Å². The quantitative estimate of drug-likeness (QED) is 0.773. The van der Waals surface area contributed by atoms with Gasteiger partial charge >= 0.3 is 6.18 Å². The SMILES string of the molecule is CC(=O)SCC=Cc1ccc(F)cc1C(F)(F)F. The summed E-state index contributed by atoms with van der Waals surface area (Å²) in [5.74, 6) is -0.651. The molecule has 0 unspecified atom stereocenters.